The van der Waals surface area contributed by atoms with Gasteiger partial charge in [-0.25, -0.2) is 13.4 Å². The van der Waals surface area contributed by atoms with Crippen molar-refractivity contribution in [2.45, 2.75) is 30.1 Å². The second kappa shape index (κ2) is 6.22. The molecule has 2 aromatic rings. The summed E-state index contributed by atoms with van der Waals surface area (Å²) in [5.74, 6) is 0.552. The zero-order chi connectivity index (χ0) is 16.5. The van der Waals surface area contributed by atoms with Gasteiger partial charge in [-0.15, -0.1) is 11.3 Å². The van der Waals surface area contributed by atoms with Crippen molar-refractivity contribution in [2.75, 3.05) is 20.2 Å². The van der Waals surface area contributed by atoms with Crippen molar-refractivity contribution in [3.63, 3.8) is 0 Å². The molecule has 0 amide bonds. The number of ether oxygens (including phenoxy) is 1. The number of hydrogen-bond acceptors (Lipinski definition) is 5. The molecule has 0 radical (unpaired) electrons. The van der Waals surface area contributed by atoms with Crippen LogP contribution in [0.1, 0.15) is 24.8 Å². The lowest BCUT2D eigenvalue weighted by Gasteiger charge is -2.37. The van der Waals surface area contributed by atoms with E-state index in [2.05, 4.69) is 11.9 Å². The summed E-state index contributed by atoms with van der Waals surface area (Å²) >= 11 is 1.64. The van der Waals surface area contributed by atoms with Gasteiger partial charge in [-0.2, -0.15) is 4.31 Å². The van der Waals surface area contributed by atoms with Crippen LogP contribution in [0.2, 0.25) is 0 Å². The molecule has 1 aromatic carbocycles. The average Bonchev–Trinajstić information content (AvgIpc) is 3.11. The van der Waals surface area contributed by atoms with Crippen LogP contribution in [0.15, 0.2) is 40.7 Å². The van der Waals surface area contributed by atoms with E-state index in [4.69, 9.17) is 4.74 Å². The SMILES string of the molecule is COc1cccc(S(=O)(=O)N2CCC(C)(c3nccs3)CC2)c1. The zero-order valence-electron chi connectivity index (χ0n) is 13.2. The number of benzene rings is 1. The van der Waals surface area contributed by atoms with E-state index in [1.807, 2.05) is 11.6 Å². The third-order valence-electron chi connectivity index (χ3n) is 4.45. The van der Waals surface area contributed by atoms with Crippen LogP contribution in [0, 0.1) is 0 Å². The van der Waals surface area contributed by atoms with Crippen molar-refractivity contribution in [2.24, 2.45) is 0 Å². The van der Waals surface area contributed by atoms with Crippen LogP contribution >= 0.6 is 11.3 Å². The molecule has 3 rings (SSSR count). The molecule has 1 aliphatic heterocycles. The minimum Gasteiger partial charge on any atom is -0.497 e. The first kappa shape index (κ1) is 16.4. The van der Waals surface area contributed by atoms with Gasteiger partial charge in [0.05, 0.1) is 17.0 Å². The second-order valence-corrected chi connectivity index (χ2v) is 8.81. The Labute approximate surface area is 141 Å². The van der Waals surface area contributed by atoms with Gasteiger partial charge < -0.3 is 4.74 Å². The van der Waals surface area contributed by atoms with Gasteiger partial charge >= 0.3 is 0 Å². The topological polar surface area (TPSA) is 59.5 Å². The molecule has 1 saturated heterocycles. The second-order valence-electron chi connectivity index (χ2n) is 5.98. The summed E-state index contributed by atoms with van der Waals surface area (Å²) in [6, 6.07) is 6.64. The van der Waals surface area contributed by atoms with Crippen molar-refractivity contribution in [1.82, 2.24) is 9.29 Å². The van der Waals surface area contributed by atoms with Crippen molar-refractivity contribution in [3.8, 4) is 5.75 Å². The van der Waals surface area contributed by atoms with Crippen molar-refractivity contribution >= 4 is 21.4 Å². The Balaban J connectivity index is 1.78. The summed E-state index contributed by atoms with van der Waals surface area (Å²) < 4.78 is 32.3. The fourth-order valence-corrected chi connectivity index (χ4v) is 5.20. The molecule has 1 fully saturated rings. The van der Waals surface area contributed by atoms with Crippen molar-refractivity contribution in [1.29, 1.82) is 0 Å². The molecular weight excluding hydrogens is 332 g/mol. The van der Waals surface area contributed by atoms with Crippen molar-refractivity contribution in [3.05, 3.63) is 40.8 Å². The Hall–Kier alpha value is -1.44. The van der Waals surface area contributed by atoms with Crippen LogP contribution in [0.4, 0.5) is 0 Å². The van der Waals surface area contributed by atoms with Crippen LogP contribution in [-0.4, -0.2) is 37.9 Å². The van der Waals surface area contributed by atoms with E-state index in [9.17, 15) is 8.42 Å². The lowest BCUT2D eigenvalue weighted by Crippen LogP contribution is -2.43. The fraction of sp³-hybridized carbons (Fsp3) is 0.438. The Bertz CT molecular complexity index is 764. The fourth-order valence-electron chi connectivity index (χ4n) is 2.87. The molecule has 23 heavy (non-hydrogen) atoms. The van der Waals surface area contributed by atoms with Gasteiger partial charge in [-0.05, 0) is 25.0 Å². The molecule has 124 valence electrons. The maximum atomic E-state index is 12.8. The normalized spacial score (nSPS) is 18.7. The van der Waals surface area contributed by atoms with Gasteiger partial charge in [0.15, 0.2) is 0 Å². The average molecular weight is 352 g/mol. The number of methoxy groups -OCH3 is 1. The van der Waals surface area contributed by atoms with Gasteiger partial charge in [0.25, 0.3) is 0 Å². The maximum Gasteiger partial charge on any atom is 0.243 e. The van der Waals surface area contributed by atoms with Gasteiger partial charge in [-0.1, -0.05) is 13.0 Å². The number of nitrogens with zero attached hydrogens (tertiary/aromatic N) is 2. The Morgan fingerprint density at radius 3 is 2.65 bits per heavy atom. The summed E-state index contributed by atoms with van der Waals surface area (Å²) in [5.41, 5.74) is -0.0332. The highest BCUT2D eigenvalue weighted by molar-refractivity contribution is 7.89. The first-order chi connectivity index (χ1) is 11.0. The van der Waals surface area contributed by atoms with Crippen LogP contribution in [0.3, 0.4) is 0 Å². The van der Waals surface area contributed by atoms with E-state index in [1.165, 1.54) is 7.11 Å². The van der Waals surface area contributed by atoms with Gasteiger partial charge in [0, 0.05) is 36.1 Å². The van der Waals surface area contributed by atoms with E-state index in [-0.39, 0.29) is 10.3 Å². The van der Waals surface area contributed by atoms with Crippen LogP contribution in [0.25, 0.3) is 0 Å². The van der Waals surface area contributed by atoms with E-state index >= 15 is 0 Å². The van der Waals surface area contributed by atoms with Crippen molar-refractivity contribution < 1.29 is 13.2 Å². The highest BCUT2D eigenvalue weighted by Crippen LogP contribution is 2.37. The summed E-state index contributed by atoms with van der Waals surface area (Å²) in [6.07, 6.45) is 3.37. The number of hydrogen-bond donors (Lipinski definition) is 0. The monoisotopic (exact) mass is 352 g/mol. The third kappa shape index (κ3) is 3.13. The molecule has 0 aliphatic carbocycles. The summed E-state index contributed by atoms with van der Waals surface area (Å²) in [4.78, 5) is 4.70. The highest BCUT2D eigenvalue weighted by Gasteiger charge is 2.38. The van der Waals surface area contributed by atoms with Gasteiger partial charge in [0.1, 0.15) is 5.75 Å². The smallest absolute Gasteiger partial charge is 0.243 e. The largest absolute Gasteiger partial charge is 0.497 e. The Morgan fingerprint density at radius 2 is 2.04 bits per heavy atom. The van der Waals surface area contributed by atoms with Crippen LogP contribution < -0.4 is 4.74 Å². The minimum atomic E-state index is -3.48. The number of rotatable bonds is 4. The molecule has 0 N–H and O–H groups in total. The lowest BCUT2D eigenvalue weighted by molar-refractivity contribution is 0.248. The number of sulfonamides is 1. The summed E-state index contributed by atoms with van der Waals surface area (Å²) in [5, 5.41) is 3.07. The molecule has 0 spiro atoms. The number of thiazole rings is 1. The third-order valence-corrected chi connectivity index (χ3v) is 7.43. The molecule has 1 aromatic heterocycles. The molecule has 1 aliphatic rings. The number of aromatic nitrogens is 1. The maximum absolute atomic E-state index is 12.8. The van der Waals surface area contributed by atoms with E-state index < -0.39 is 10.0 Å². The molecule has 2 heterocycles. The van der Waals surface area contributed by atoms with E-state index in [0.29, 0.717) is 18.8 Å². The summed E-state index contributed by atoms with van der Waals surface area (Å²) in [7, 11) is -1.94. The first-order valence-electron chi connectivity index (χ1n) is 7.50. The van der Waals surface area contributed by atoms with E-state index in [1.54, 1.807) is 39.9 Å². The molecule has 0 atom stereocenters. The molecule has 7 heteroatoms. The van der Waals surface area contributed by atoms with E-state index in [0.717, 1.165) is 17.8 Å². The molecule has 0 saturated carbocycles. The zero-order valence-corrected chi connectivity index (χ0v) is 14.9. The minimum absolute atomic E-state index is 0.0332. The lowest BCUT2D eigenvalue weighted by atomic mass is 9.82. The molecular formula is C16H20N2O3S2. The number of piperidine rings is 1. The Kier molecular flexibility index (Phi) is 4.44. The van der Waals surface area contributed by atoms with Crippen LogP contribution in [-0.2, 0) is 15.4 Å². The van der Waals surface area contributed by atoms with Crippen LogP contribution in [0.5, 0.6) is 5.75 Å². The predicted molar refractivity (Wildman–Crippen MR) is 90.5 cm³/mol. The Morgan fingerprint density at radius 1 is 1.30 bits per heavy atom. The molecule has 0 bridgehead atoms. The molecule has 0 unspecified atom stereocenters. The van der Waals surface area contributed by atoms with Gasteiger partial charge in [0.2, 0.25) is 10.0 Å². The van der Waals surface area contributed by atoms with Gasteiger partial charge in [-0.3, -0.25) is 0 Å². The summed E-state index contributed by atoms with van der Waals surface area (Å²) in [6.45, 7) is 3.19. The first-order valence-corrected chi connectivity index (χ1v) is 9.82. The highest BCUT2D eigenvalue weighted by atomic mass is 32.2. The predicted octanol–water partition coefficient (Wildman–Crippen LogP) is 2.89. The quantitative estimate of drug-likeness (QED) is 0.849. The molecule has 5 nitrogen and oxygen atoms in total. The standard InChI is InChI=1S/C16H20N2O3S2/c1-16(15-17-8-11-22-15)6-9-18(10-7-16)23(19,20)14-5-3-4-13(12-14)21-2/h3-5,8,11-12H,6-7,9-10H2,1-2H3.